The fraction of sp³-hybridized carbons (Fsp3) is 0.562. The van der Waals surface area contributed by atoms with E-state index in [1.165, 1.54) is 12.0 Å². The van der Waals surface area contributed by atoms with E-state index in [0.717, 1.165) is 31.4 Å². The molecule has 0 bridgehead atoms. The molecule has 2 rings (SSSR count). The van der Waals surface area contributed by atoms with E-state index in [1.54, 1.807) is 11.8 Å². The van der Waals surface area contributed by atoms with Crippen molar-refractivity contribution >= 4 is 17.7 Å². The van der Waals surface area contributed by atoms with E-state index < -0.39 is 5.54 Å². The van der Waals surface area contributed by atoms with Crippen molar-refractivity contribution in [3.63, 3.8) is 0 Å². The summed E-state index contributed by atoms with van der Waals surface area (Å²) in [5.41, 5.74) is 1.49. The van der Waals surface area contributed by atoms with Gasteiger partial charge in [0.25, 0.3) is 5.91 Å². The maximum absolute atomic E-state index is 12.3. The van der Waals surface area contributed by atoms with Gasteiger partial charge in [-0.05, 0) is 36.8 Å². The van der Waals surface area contributed by atoms with Gasteiger partial charge in [-0.1, -0.05) is 31.4 Å². The van der Waals surface area contributed by atoms with E-state index in [0.29, 0.717) is 5.56 Å². The molecule has 1 aromatic carbocycles. The second-order valence-corrected chi connectivity index (χ2v) is 6.45. The topological polar surface area (TPSA) is 49.3 Å². The van der Waals surface area contributed by atoms with Gasteiger partial charge >= 0.3 is 0 Å². The largest absolute Gasteiger partial charge is 0.394 e. The Morgan fingerprint density at radius 1 is 1.25 bits per heavy atom. The molecular weight excluding hydrogens is 270 g/mol. The number of hydrogen-bond acceptors (Lipinski definition) is 3. The van der Waals surface area contributed by atoms with Gasteiger partial charge in [0.05, 0.1) is 12.1 Å². The average Bonchev–Trinajstić information content (AvgIpc) is 2.49. The zero-order valence-electron chi connectivity index (χ0n) is 12.0. The van der Waals surface area contributed by atoms with E-state index in [-0.39, 0.29) is 12.5 Å². The Morgan fingerprint density at radius 2 is 1.90 bits per heavy atom. The normalized spacial score (nSPS) is 17.7. The number of thioether (sulfide) groups is 1. The van der Waals surface area contributed by atoms with E-state index in [9.17, 15) is 9.90 Å². The minimum Gasteiger partial charge on any atom is -0.394 e. The molecule has 0 radical (unpaired) electrons. The fourth-order valence-electron chi connectivity index (χ4n) is 2.78. The van der Waals surface area contributed by atoms with Crippen LogP contribution in [0.5, 0.6) is 0 Å². The van der Waals surface area contributed by atoms with Crippen LogP contribution in [0, 0.1) is 0 Å². The lowest BCUT2D eigenvalue weighted by atomic mass is 9.82. The molecule has 20 heavy (non-hydrogen) atoms. The molecule has 1 aromatic rings. The van der Waals surface area contributed by atoms with Crippen molar-refractivity contribution in [1.29, 1.82) is 0 Å². The molecule has 1 aliphatic rings. The highest BCUT2D eigenvalue weighted by Gasteiger charge is 2.33. The second-order valence-electron chi connectivity index (χ2n) is 5.58. The van der Waals surface area contributed by atoms with Gasteiger partial charge < -0.3 is 10.4 Å². The Kier molecular flexibility index (Phi) is 5.49. The van der Waals surface area contributed by atoms with E-state index >= 15 is 0 Å². The predicted molar refractivity (Wildman–Crippen MR) is 84.0 cm³/mol. The zero-order valence-corrected chi connectivity index (χ0v) is 12.8. The number of rotatable bonds is 5. The summed E-state index contributed by atoms with van der Waals surface area (Å²) in [5, 5.41) is 12.7. The van der Waals surface area contributed by atoms with Gasteiger partial charge in [0, 0.05) is 11.3 Å². The van der Waals surface area contributed by atoms with Crippen molar-refractivity contribution in [2.75, 3.05) is 12.9 Å². The standard InChI is InChI=1S/C16H23NO2S/c1-20-11-13-5-7-14(8-6-13)15(19)17-16(12-18)9-3-2-4-10-16/h5-8,18H,2-4,9-12H2,1H3,(H,17,19). The molecule has 1 saturated carbocycles. The van der Waals surface area contributed by atoms with Crippen LogP contribution in [-0.2, 0) is 5.75 Å². The number of benzene rings is 1. The van der Waals surface area contributed by atoms with Crippen LogP contribution >= 0.6 is 11.8 Å². The first-order valence-corrected chi connectivity index (χ1v) is 8.60. The van der Waals surface area contributed by atoms with Gasteiger partial charge in [0.2, 0.25) is 0 Å². The maximum Gasteiger partial charge on any atom is 0.251 e. The first-order valence-electron chi connectivity index (χ1n) is 7.20. The second kappa shape index (κ2) is 7.14. The third-order valence-electron chi connectivity index (χ3n) is 4.02. The van der Waals surface area contributed by atoms with Crippen LogP contribution in [0.15, 0.2) is 24.3 Å². The van der Waals surface area contributed by atoms with Crippen LogP contribution in [0.1, 0.15) is 48.0 Å². The zero-order chi connectivity index (χ0) is 14.4. The van der Waals surface area contributed by atoms with E-state index in [2.05, 4.69) is 11.6 Å². The Morgan fingerprint density at radius 3 is 2.45 bits per heavy atom. The Hall–Kier alpha value is -1.00. The summed E-state index contributed by atoms with van der Waals surface area (Å²) in [6, 6.07) is 7.74. The summed E-state index contributed by atoms with van der Waals surface area (Å²) in [7, 11) is 0. The molecule has 0 saturated heterocycles. The molecule has 3 nitrogen and oxygen atoms in total. The molecule has 0 aliphatic heterocycles. The molecule has 2 N–H and O–H groups in total. The quantitative estimate of drug-likeness (QED) is 0.877. The summed E-state index contributed by atoms with van der Waals surface area (Å²) >= 11 is 1.77. The van der Waals surface area contributed by atoms with Crippen molar-refractivity contribution < 1.29 is 9.90 Å². The van der Waals surface area contributed by atoms with Crippen LogP contribution in [-0.4, -0.2) is 29.4 Å². The Bertz CT molecular complexity index is 438. The first-order chi connectivity index (χ1) is 9.69. The number of hydrogen-bond donors (Lipinski definition) is 2. The number of aliphatic hydroxyl groups excluding tert-OH is 1. The third kappa shape index (κ3) is 3.76. The summed E-state index contributed by atoms with van der Waals surface area (Å²) in [4.78, 5) is 12.3. The molecule has 1 aliphatic carbocycles. The fourth-order valence-corrected chi connectivity index (χ4v) is 3.31. The van der Waals surface area contributed by atoms with Crippen molar-refractivity contribution in [3.05, 3.63) is 35.4 Å². The Balaban J connectivity index is 2.03. The van der Waals surface area contributed by atoms with Crippen molar-refractivity contribution in [1.82, 2.24) is 5.32 Å². The van der Waals surface area contributed by atoms with Crippen LogP contribution in [0.3, 0.4) is 0 Å². The summed E-state index contributed by atoms with van der Waals surface area (Å²) in [5.74, 6) is 0.888. The number of aliphatic hydroxyl groups is 1. The predicted octanol–water partition coefficient (Wildman–Crippen LogP) is 2.97. The molecule has 1 amide bonds. The molecule has 1 fully saturated rings. The van der Waals surface area contributed by atoms with Crippen LogP contribution in [0.2, 0.25) is 0 Å². The molecule has 110 valence electrons. The smallest absolute Gasteiger partial charge is 0.251 e. The molecule has 0 heterocycles. The number of nitrogens with one attached hydrogen (secondary N) is 1. The number of carbonyl (C=O) groups excluding carboxylic acids is 1. The van der Waals surface area contributed by atoms with Crippen LogP contribution in [0.4, 0.5) is 0 Å². The highest BCUT2D eigenvalue weighted by Crippen LogP contribution is 2.28. The highest BCUT2D eigenvalue weighted by atomic mass is 32.2. The lowest BCUT2D eigenvalue weighted by Gasteiger charge is -2.36. The summed E-state index contributed by atoms with van der Waals surface area (Å²) < 4.78 is 0. The van der Waals surface area contributed by atoms with E-state index in [4.69, 9.17) is 0 Å². The van der Waals surface area contributed by atoms with Gasteiger partial charge in [-0.2, -0.15) is 11.8 Å². The number of carbonyl (C=O) groups is 1. The number of amides is 1. The summed E-state index contributed by atoms with van der Waals surface area (Å²) in [6.45, 7) is 0.0310. The summed E-state index contributed by atoms with van der Waals surface area (Å²) in [6.07, 6.45) is 7.16. The highest BCUT2D eigenvalue weighted by molar-refractivity contribution is 7.97. The van der Waals surface area contributed by atoms with Gasteiger partial charge in [0.1, 0.15) is 0 Å². The minimum absolute atomic E-state index is 0.0310. The molecule has 4 heteroatoms. The lowest BCUT2D eigenvalue weighted by molar-refractivity contribution is 0.0758. The van der Waals surface area contributed by atoms with E-state index in [1.807, 2.05) is 24.3 Å². The molecule has 0 unspecified atom stereocenters. The molecule has 0 aromatic heterocycles. The lowest BCUT2D eigenvalue weighted by Crippen LogP contribution is -2.52. The molecular formula is C16H23NO2S. The van der Waals surface area contributed by atoms with Crippen LogP contribution < -0.4 is 5.32 Å². The van der Waals surface area contributed by atoms with Crippen molar-refractivity contribution in [3.8, 4) is 0 Å². The first kappa shape index (κ1) is 15.4. The van der Waals surface area contributed by atoms with Gasteiger partial charge in [0.15, 0.2) is 0 Å². The monoisotopic (exact) mass is 293 g/mol. The third-order valence-corrected chi connectivity index (χ3v) is 4.64. The molecule has 0 atom stereocenters. The van der Waals surface area contributed by atoms with Crippen molar-refractivity contribution in [2.45, 2.75) is 43.4 Å². The Labute approximate surface area is 125 Å². The van der Waals surface area contributed by atoms with Gasteiger partial charge in [-0.25, -0.2) is 0 Å². The molecule has 0 spiro atoms. The van der Waals surface area contributed by atoms with Crippen LogP contribution in [0.25, 0.3) is 0 Å². The SMILES string of the molecule is CSCc1ccc(C(=O)NC2(CO)CCCCC2)cc1. The average molecular weight is 293 g/mol. The van der Waals surface area contributed by atoms with Gasteiger partial charge in [-0.3, -0.25) is 4.79 Å². The van der Waals surface area contributed by atoms with Gasteiger partial charge in [-0.15, -0.1) is 0 Å². The van der Waals surface area contributed by atoms with Crippen molar-refractivity contribution in [2.24, 2.45) is 0 Å². The minimum atomic E-state index is -0.409. The maximum atomic E-state index is 12.3.